The van der Waals surface area contributed by atoms with Gasteiger partial charge in [-0.25, -0.2) is 0 Å². The number of nitrogens with zero attached hydrogens (tertiary/aromatic N) is 3. The topological polar surface area (TPSA) is 67.5 Å². The molecule has 2 aromatic heterocycles. The van der Waals surface area contributed by atoms with Crippen molar-refractivity contribution in [1.82, 2.24) is 14.6 Å². The molecule has 0 radical (unpaired) electrons. The van der Waals surface area contributed by atoms with Crippen LogP contribution in [0.1, 0.15) is 30.8 Å². The number of aryl methyl sites for hydroxylation is 1. The summed E-state index contributed by atoms with van der Waals surface area (Å²) in [6.45, 7) is 1.99. The van der Waals surface area contributed by atoms with Gasteiger partial charge in [0.25, 0.3) is 0 Å². The molecule has 0 bridgehead atoms. The monoisotopic (exact) mass is 237 g/mol. The Labute approximate surface area is 95.7 Å². The molecule has 0 atom stereocenters. The molecule has 0 saturated heterocycles. The van der Waals surface area contributed by atoms with E-state index in [9.17, 15) is 4.79 Å². The lowest BCUT2D eigenvalue weighted by Gasteiger charge is -2.09. The van der Waals surface area contributed by atoms with Crippen LogP contribution in [0.3, 0.4) is 0 Å². The molecule has 2 aromatic rings. The van der Waals surface area contributed by atoms with Crippen molar-refractivity contribution in [2.75, 3.05) is 0 Å². The quantitative estimate of drug-likeness (QED) is 0.880. The van der Waals surface area contributed by atoms with E-state index in [1.165, 1.54) is 11.3 Å². The molecule has 1 aliphatic carbocycles. The first kappa shape index (κ1) is 9.77. The van der Waals surface area contributed by atoms with Gasteiger partial charge in [0.1, 0.15) is 5.82 Å². The summed E-state index contributed by atoms with van der Waals surface area (Å²) in [7, 11) is 0. The molecule has 16 heavy (non-hydrogen) atoms. The number of aromatic nitrogens is 3. The van der Waals surface area contributed by atoms with Crippen molar-refractivity contribution in [1.29, 1.82) is 0 Å². The minimum Gasteiger partial charge on any atom is -0.481 e. The first-order valence-corrected chi connectivity index (χ1v) is 6.02. The predicted molar refractivity (Wildman–Crippen MR) is 58.8 cm³/mol. The maximum absolute atomic E-state index is 10.9. The van der Waals surface area contributed by atoms with E-state index in [4.69, 9.17) is 5.11 Å². The van der Waals surface area contributed by atoms with Crippen LogP contribution in [-0.2, 0) is 10.2 Å². The molecule has 1 N–H and O–H groups in total. The fourth-order valence-corrected chi connectivity index (χ4v) is 2.92. The molecule has 0 spiro atoms. The SMILES string of the molecule is Cc1csc2nnc(C3(CC(=O)O)CC3)n12. The van der Waals surface area contributed by atoms with Crippen molar-refractivity contribution < 1.29 is 9.90 Å². The lowest BCUT2D eigenvalue weighted by atomic mass is 10.0. The third-order valence-electron chi connectivity index (χ3n) is 3.14. The van der Waals surface area contributed by atoms with Crippen molar-refractivity contribution in [2.24, 2.45) is 0 Å². The number of hydrogen-bond acceptors (Lipinski definition) is 4. The van der Waals surface area contributed by atoms with E-state index in [1.807, 2.05) is 16.7 Å². The summed E-state index contributed by atoms with van der Waals surface area (Å²) in [5.74, 6) is 0.0609. The van der Waals surface area contributed by atoms with E-state index in [2.05, 4.69) is 10.2 Å². The Hall–Kier alpha value is -1.43. The van der Waals surface area contributed by atoms with Crippen molar-refractivity contribution in [3.63, 3.8) is 0 Å². The van der Waals surface area contributed by atoms with Gasteiger partial charge in [0.2, 0.25) is 4.96 Å². The molecule has 5 nitrogen and oxygen atoms in total. The van der Waals surface area contributed by atoms with E-state index in [1.54, 1.807) is 0 Å². The van der Waals surface area contributed by atoms with Crippen LogP contribution in [0, 0.1) is 6.92 Å². The molecule has 2 heterocycles. The minimum absolute atomic E-state index is 0.156. The first-order valence-electron chi connectivity index (χ1n) is 5.14. The fraction of sp³-hybridized carbons (Fsp3) is 0.500. The second kappa shape index (κ2) is 3.04. The normalized spacial score (nSPS) is 17.8. The summed E-state index contributed by atoms with van der Waals surface area (Å²) in [6, 6.07) is 0. The van der Waals surface area contributed by atoms with E-state index in [0.717, 1.165) is 29.3 Å². The lowest BCUT2D eigenvalue weighted by molar-refractivity contribution is -0.137. The number of thiazole rings is 1. The van der Waals surface area contributed by atoms with Gasteiger partial charge in [0.15, 0.2) is 0 Å². The van der Waals surface area contributed by atoms with Crippen LogP contribution >= 0.6 is 11.3 Å². The molecule has 6 heteroatoms. The van der Waals surface area contributed by atoms with Gasteiger partial charge in [-0.2, -0.15) is 0 Å². The second-order valence-electron chi connectivity index (χ2n) is 4.37. The third kappa shape index (κ3) is 1.26. The number of hydrogen-bond donors (Lipinski definition) is 1. The number of carbonyl (C=O) groups is 1. The van der Waals surface area contributed by atoms with Gasteiger partial charge in [-0.1, -0.05) is 0 Å². The molecule has 3 rings (SSSR count). The minimum atomic E-state index is -0.762. The number of fused-ring (bicyclic) bond motifs is 1. The summed E-state index contributed by atoms with van der Waals surface area (Å²) in [5.41, 5.74) is 0.813. The van der Waals surface area contributed by atoms with Crippen LogP contribution in [0.5, 0.6) is 0 Å². The van der Waals surface area contributed by atoms with E-state index < -0.39 is 5.97 Å². The zero-order chi connectivity index (χ0) is 11.3. The smallest absolute Gasteiger partial charge is 0.304 e. The average molecular weight is 237 g/mol. The maximum Gasteiger partial charge on any atom is 0.304 e. The molecule has 0 unspecified atom stereocenters. The van der Waals surface area contributed by atoms with Crippen LogP contribution in [0.25, 0.3) is 4.96 Å². The highest BCUT2D eigenvalue weighted by atomic mass is 32.1. The Morgan fingerprint density at radius 3 is 3.00 bits per heavy atom. The summed E-state index contributed by atoms with van der Waals surface area (Å²) >= 11 is 1.54. The number of aliphatic carboxylic acids is 1. The van der Waals surface area contributed by atoms with Crippen LogP contribution in [0.2, 0.25) is 0 Å². The summed E-state index contributed by atoms with van der Waals surface area (Å²) < 4.78 is 1.99. The summed E-state index contributed by atoms with van der Waals surface area (Å²) in [5, 5.41) is 19.2. The summed E-state index contributed by atoms with van der Waals surface area (Å²) in [6.07, 6.45) is 1.95. The molecule has 0 aromatic carbocycles. The van der Waals surface area contributed by atoms with Crippen molar-refractivity contribution >= 4 is 22.3 Å². The Morgan fingerprint density at radius 1 is 1.62 bits per heavy atom. The molecule has 84 valence electrons. The van der Waals surface area contributed by atoms with Crippen molar-refractivity contribution in [2.45, 2.75) is 31.6 Å². The second-order valence-corrected chi connectivity index (χ2v) is 5.21. The highest BCUT2D eigenvalue weighted by molar-refractivity contribution is 7.15. The molecule has 1 saturated carbocycles. The number of carboxylic acid groups (broad SMARTS) is 1. The summed E-state index contributed by atoms with van der Waals surface area (Å²) in [4.78, 5) is 11.7. The number of carboxylic acids is 1. The van der Waals surface area contributed by atoms with Crippen LogP contribution in [0.15, 0.2) is 5.38 Å². The van der Waals surface area contributed by atoms with Gasteiger partial charge in [-0.05, 0) is 19.8 Å². The van der Waals surface area contributed by atoms with Gasteiger partial charge >= 0.3 is 5.97 Å². The third-order valence-corrected chi connectivity index (χ3v) is 4.07. The van der Waals surface area contributed by atoms with E-state index in [-0.39, 0.29) is 11.8 Å². The van der Waals surface area contributed by atoms with Gasteiger partial charge in [-0.15, -0.1) is 21.5 Å². The Morgan fingerprint density at radius 2 is 2.38 bits per heavy atom. The molecular formula is C10H11N3O2S. The van der Waals surface area contributed by atoms with Crippen molar-refractivity contribution in [3.05, 3.63) is 16.9 Å². The standard InChI is InChI=1S/C10H11N3O2S/c1-6-5-16-9-12-11-8(13(6)9)10(2-3-10)4-7(14)15/h5H,2-4H2,1H3,(H,14,15). The maximum atomic E-state index is 10.9. The van der Waals surface area contributed by atoms with E-state index in [0.29, 0.717) is 0 Å². The zero-order valence-electron chi connectivity index (χ0n) is 8.80. The fourth-order valence-electron chi connectivity index (χ4n) is 2.12. The predicted octanol–water partition coefficient (Wildman–Crippen LogP) is 1.61. The lowest BCUT2D eigenvalue weighted by Crippen LogP contribution is -2.16. The Balaban J connectivity index is 2.12. The highest BCUT2D eigenvalue weighted by Crippen LogP contribution is 2.50. The average Bonchev–Trinajstić information content (AvgIpc) is 2.73. The van der Waals surface area contributed by atoms with Gasteiger partial charge in [-0.3, -0.25) is 9.20 Å². The molecule has 1 fully saturated rings. The molecule has 0 amide bonds. The molecule has 1 aliphatic rings. The van der Waals surface area contributed by atoms with Gasteiger partial charge < -0.3 is 5.11 Å². The van der Waals surface area contributed by atoms with Crippen LogP contribution in [-0.4, -0.2) is 25.7 Å². The van der Waals surface area contributed by atoms with Crippen molar-refractivity contribution in [3.8, 4) is 0 Å². The van der Waals surface area contributed by atoms with Crippen LogP contribution in [0.4, 0.5) is 0 Å². The largest absolute Gasteiger partial charge is 0.481 e. The first-order chi connectivity index (χ1) is 7.62. The highest BCUT2D eigenvalue weighted by Gasteiger charge is 2.50. The Kier molecular flexibility index (Phi) is 1.85. The molecular weight excluding hydrogens is 226 g/mol. The van der Waals surface area contributed by atoms with Gasteiger partial charge in [0.05, 0.1) is 6.42 Å². The number of rotatable bonds is 3. The van der Waals surface area contributed by atoms with E-state index >= 15 is 0 Å². The zero-order valence-corrected chi connectivity index (χ0v) is 9.62. The van der Waals surface area contributed by atoms with Crippen LogP contribution < -0.4 is 0 Å². The Bertz CT molecular complexity index is 568. The molecule has 0 aliphatic heterocycles. The van der Waals surface area contributed by atoms with Gasteiger partial charge in [0, 0.05) is 16.5 Å².